The number of imidazole rings is 1. The van der Waals surface area contributed by atoms with Gasteiger partial charge in [0, 0.05) is 5.56 Å². The Kier molecular flexibility index (Phi) is 3.36. The van der Waals surface area contributed by atoms with Gasteiger partial charge in [0.05, 0.1) is 15.4 Å². The molecule has 0 unspecified atom stereocenters. The number of hydrogen-bond donors (Lipinski definition) is 1. The van der Waals surface area contributed by atoms with E-state index in [1.54, 1.807) is 34.8 Å². The number of thiophene rings is 2. The number of benzene rings is 1. The molecular formula is C17H11FN2S2. The fraction of sp³-hybridized carbons (Fsp3) is 0. The van der Waals surface area contributed by atoms with Crippen molar-refractivity contribution in [1.82, 2.24) is 9.97 Å². The lowest BCUT2D eigenvalue weighted by Crippen LogP contribution is -1.81. The second kappa shape index (κ2) is 5.51. The van der Waals surface area contributed by atoms with Gasteiger partial charge < -0.3 is 4.98 Å². The fourth-order valence-electron chi connectivity index (χ4n) is 2.31. The van der Waals surface area contributed by atoms with Gasteiger partial charge in [-0.15, -0.1) is 22.7 Å². The Balaban J connectivity index is 1.88. The van der Waals surface area contributed by atoms with Crippen molar-refractivity contribution < 1.29 is 4.39 Å². The maximum atomic E-state index is 13.1. The SMILES string of the molecule is Fc1ccc(-c2nc(-c3cccs3)c(-c3cccs3)[nH]2)cc1. The molecule has 0 saturated carbocycles. The van der Waals surface area contributed by atoms with E-state index in [-0.39, 0.29) is 5.82 Å². The topological polar surface area (TPSA) is 28.7 Å². The average Bonchev–Trinajstić information content (AvgIpc) is 3.27. The Morgan fingerprint density at radius 1 is 0.864 bits per heavy atom. The molecular weight excluding hydrogens is 315 g/mol. The predicted octanol–water partition coefficient (Wildman–Crippen LogP) is 5.67. The van der Waals surface area contributed by atoms with E-state index in [1.807, 2.05) is 22.9 Å². The second-order valence-electron chi connectivity index (χ2n) is 4.77. The number of rotatable bonds is 3. The fourth-order valence-corrected chi connectivity index (χ4v) is 3.76. The van der Waals surface area contributed by atoms with Crippen LogP contribution in [0, 0.1) is 5.82 Å². The van der Waals surface area contributed by atoms with Gasteiger partial charge in [-0.3, -0.25) is 0 Å². The zero-order valence-electron chi connectivity index (χ0n) is 11.4. The van der Waals surface area contributed by atoms with Crippen LogP contribution in [0.2, 0.25) is 0 Å². The number of halogens is 1. The normalized spacial score (nSPS) is 11.0. The second-order valence-corrected chi connectivity index (χ2v) is 6.67. The van der Waals surface area contributed by atoms with Crippen molar-refractivity contribution in [3.8, 4) is 32.5 Å². The third kappa shape index (κ3) is 2.38. The minimum Gasteiger partial charge on any atom is -0.337 e. The van der Waals surface area contributed by atoms with Gasteiger partial charge in [0.25, 0.3) is 0 Å². The van der Waals surface area contributed by atoms with Crippen molar-refractivity contribution in [2.75, 3.05) is 0 Å². The Morgan fingerprint density at radius 3 is 2.18 bits per heavy atom. The van der Waals surface area contributed by atoms with Gasteiger partial charge in [0.2, 0.25) is 0 Å². The molecule has 0 amide bonds. The van der Waals surface area contributed by atoms with E-state index in [9.17, 15) is 4.39 Å². The van der Waals surface area contributed by atoms with Gasteiger partial charge >= 0.3 is 0 Å². The highest BCUT2D eigenvalue weighted by Crippen LogP contribution is 2.36. The molecule has 5 heteroatoms. The van der Waals surface area contributed by atoms with Gasteiger partial charge in [0.15, 0.2) is 0 Å². The molecule has 0 fully saturated rings. The van der Waals surface area contributed by atoms with E-state index < -0.39 is 0 Å². The van der Waals surface area contributed by atoms with E-state index in [0.717, 1.165) is 32.5 Å². The summed E-state index contributed by atoms with van der Waals surface area (Å²) in [5, 5.41) is 4.09. The highest BCUT2D eigenvalue weighted by atomic mass is 32.1. The van der Waals surface area contributed by atoms with Crippen LogP contribution < -0.4 is 0 Å². The van der Waals surface area contributed by atoms with Gasteiger partial charge in [-0.25, -0.2) is 9.37 Å². The van der Waals surface area contributed by atoms with Crippen molar-refractivity contribution in [1.29, 1.82) is 0 Å². The average molecular weight is 326 g/mol. The minimum absolute atomic E-state index is 0.243. The number of H-pyrrole nitrogens is 1. The summed E-state index contributed by atoms with van der Waals surface area (Å²) in [5.74, 6) is 0.513. The molecule has 0 bridgehead atoms. The number of hydrogen-bond acceptors (Lipinski definition) is 3. The van der Waals surface area contributed by atoms with Crippen LogP contribution in [0.1, 0.15) is 0 Å². The van der Waals surface area contributed by atoms with Crippen molar-refractivity contribution in [3.05, 3.63) is 65.1 Å². The Bertz CT molecular complexity index is 824. The van der Waals surface area contributed by atoms with Crippen LogP contribution in [0.5, 0.6) is 0 Å². The number of aromatic amines is 1. The maximum Gasteiger partial charge on any atom is 0.138 e. The first kappa shape index (κ1) is 13.4. The van der Waals surface area contributed by atoms with Crippen LogP contribution in [-0.2, 0) is 0 Å². The van der Waals surface area contributed by atoms with E-state index in [0.29, 0.717) is 0 Å². The molecule has 0 aliphatic carbocycles. The molecule has 22 heavy (non-hydrogen) atoms. The minimum atomic E-state index is -0.243. The van der Waals surface area contributed by atoms with Gasteiger partial charge in [-0.1, -0.05) is 12.1 Å². The highest BCUT2D eigenvalue weighted by molar-refractivity contribution is 7.14. The summed E-state index contributed by atoms with van der Waals surface area (Å²) in [6.45, 7) is 0. The van der Waals surface area contributed by atoms with Gasteiger partial charge in [-0.2, -0.15) is 0 Å². The first-order chi connectivity index (χ1) is 10.8. The lowest BCUT2D eigenvalue weighted by atomic mass is 10.2. The van der Waals surface area contributed by atoms with E-state index in [1.165, 1.54) is 12.1 Å². The standard InChI is InChI=1S/C17H11FN2S2/c18-12-7-5-11(6-8-12)17-19-15(13-3-1-9-21-13)16(20-17)14-4-2-10-22-14/h1-10H,(H,19,20). The molecule has 3 heterocycles. The number of nitrogens with zero attached hydrogens (tertiary/aromatic N) is 1. The van der Waals surface area contributed by atoms with E-state index in [4.69, 9.17) is 4.98 Å². The molecule has 0 atom stereocenters. The van der Waals surface area contributed by atoms with Crippen LogP contribution in [0.3, 0.4) is 0 Å². The molecule has 4 aromatic rings. The van der Waals surface area contributed by atoms with Gasteiger partial charge in [0.1, 0.15) is 17.3 Å². The zero-order valence-corrected chi connectivity index (χ0v) is 13.0. The molecule has 2 nitrogen and oxygen atoms in total. The summed E-state index contributed by atoms with van der Waals surface area (Å²) in [7, 11) is 0. The molecule has 1 N–H and O–H groups in total. The quantitative estimate of drug-likeness (QED) is 0.516. The number of nitrogens with one attached hydrogen (secondary N) is 1. The Hall–Kier alpha value is -2.24. The highest BCUT2D eigenvalue weighted by Gasteiger charge is 2.16. The van der Waals surface area contributed by atoms with E-state index >= 15 is 0 Å². The van der Waals surface area contributed by atoms with Crippen molar-refractivity contribution in [3.63, 3.8) is 0 Å². The predicted molar refractivity (Wildman–Crippen MR) is 90.6 cm³/mol. The smallest absolute Gasteiger partial charge is 0.138 e. The summed E-state index contributed by atoms with van der Waals surface area (Å²) < 4.78 is 13.1. The monoisotopic (exact) mass is 326 g/mol. The molecule has 4 rings (SSSR count). The summed E-state index contributed by atoms with van der Waals surface area (Å²) >= 11 is 3.33. The zero-order chi connectivity index (χ0) is 14.9. The summed E-state index contributed by atoms with van der Waals surface area (Å²) in [5.41, 5.74) is 2.83. The van der Waals surface area contributed by atoms with Crippen LogP contribution >= 0.6 is 22.7 Å². The third-order valence-electron chi connectivity index (χ3n) is 3.34. The molecule has 0 aliphatic heterocycles. The molecule has 108 valence electrons. The molecule has 0 aliphatic rings. The van der Waals surface area contributed by atoms with Crippen molar-refractivity contribution in [2.24, 2.45) is 0 Å². The summed E-state index contributed by atoms with van der Waals surface area (Å²) in [4.78, 5) is 10.4. The van der Waals surface area contributed by atoms with Gasteiger partial charge in [-0.05, 0) is 47.2 Å². The van der Waals surface area contributed by atoms with Crippen molar-refractivity contribution >= 4 is 22.7 Å². The van der Waals surface area contributed by atoms with Crippen LogP contribution in [-0.4, -0.2) is 9.97 Å². The van der Waals surface area contributed by atoms with Crippen LogP contribution in [0.4, 0.5) is 4.39 Å². The Labute approximate surface area is 134 Å². The molecule has 0 spiro atoms. The van der Waals surface area contributed by atoms with Crippen LogP contribution in [0.15, 0.2) is 59.3 Å². The number of aromatic nitrogens is 2. The summed E-state index contributed by atoms with van der Waals surface area (Å²) in [6.07, 6.45) is 0. The first-order valence-electron chi connectivity index (χ1n) is 6.75. The molecule has 0 radical (unpaired) electrons. The van der Waals surface area contributed by atoms with E-state index in [2.05, 4.69) is 17.1 Å². The molecule has 1 aromatic carbocycles. The maximum absolute atomic E-state index is 13.1. The Morgan fingerprint density at radius 2 is 1.55 bits per heavy atom. The first-order valence-corrected chi connectivity index (χ1v) is 8.51. The largest absolute Gasteiger partial charge is 0.337 e. The third-order valence-corrected chi connectivity index (χ3v) is 5.11. The molecule has 0 saturated heterocycles. The lowest BCUT2D eigenvalue weighted by Gasteiger charge is -1.96. The summed E-state index contributed by atoms with van der Waals surface area (Å²) in [6, 6.07) is 14.6. The molecule has 3 aromatic heterocycles. The lowest BCUT2D eigenvalue weighted by molar-refractivity contribution is 0.628. The van der Waals surface area contributed by atoms with Crippen LogP contribution in [0.25, 0.3) is 32.5 Å². The van der Waals surface area contributed by atoms with Crippen molar-refractivity contribution in [2.45, 2.75) is 0 Å².